The number of carbonyl (C=O) groups excluding carboxylic acids is 2. The molecule has 1 saturated heterocycles. The number of amides is 2. The van der Waals surface area contributed by atoms with E-state index in [9.17, 15) is 28.1 Å². The van der Waals surface area contributed by atoms with E-state index in [-0.39, 0.29) is 11.3 Å². The molecule has 2 amide bonds. The number of hydrogen-bond donors (Lipinski definition) is 0. The third-order valence-corrected chi connectivity index (χ3v) is 8.51. The number of nitro groups is 1. The Balaban J connectivity index is 1.77. The topological polar surface area (TPSA) is 118 Å². The van der Waals surface area contributed by atoms with Gasteiger partial charge < -0.3 is 0 Å². The van der Waals surface area contributed by atoms with Crippen LogP contribution in [-0.2, 0) is 19.8 Å². The second kappa shape index (κ2) is 9.01. The zero-order chi connectivity index (χ0) is 22.9. The van der Waals surface area contributed by atoms with Gasteiger partial charge in [-0.3, -0.25) is 19.7 Å². The number of rotatable bonds is 4. The summed E-state index contributed by atoms with van der Waals surface area (Å²) < 4.78 is 29.0. The minimum absolute atomic E-state index is 0.108. The maximum absolute atomic E-state index is 13.6. The predicted octanol–water partition coefficient (Wildman–Crippen LogP) is 3.56. The molecule has 0 spiro atoms. The van der Waals surface area contributed by atoms with E-state index >= 15 is 0 Å². The third-order valence-electron chi connectivity index (χ3n) is 6.59. The molecule has 1 aliphatic heterocycles. The Morgan fingerprint density at radius 2 is 1.25 bits per heavy atom. The molecular weight excluding hydrogens is 434 g/mol. The van der Waals surface area contributed by atoms with Crippen LogP contribution in [0, 0.1) is 10.1 Å². The summed E-state index contributed by atoms with van der Waals surface area (Å²) in [5, 5.41) is 10.9. The van der Waals surface area contributed by atoms with Crippen LogP contribution in [-0.4, -0.2) is 45.8 Å². The first kappa shape index (κ1) is 22.4. The summed E-state index contributed by atoms with van der Waals surface area (Å²) in [6.07, 6.45) is 9.03. The van der Waals surface area contributed by atoms with E-state index in [1.54, 1.807) is 0 Å². The first-order valence-corrected chi connectivity index (χ1v) is 12.6. The molecule has 0 atom stereocenters. The van der Waals surface area contributed by atoms with Crippen molar-refractivity contribution in [2.75, 3.05) is 0 Å². The molecule has 10 heteroatoms. The van der Waals surface area contributed by atoms with Crippen LogP contribution in [0.4, 0.5) is 5.69 Å². The lowest BCUT2D eigenvalue weighted by Gasteiger charge is -2.44. The van der Waals surface area contributed by atoms with Crippen LogP contribution in [0.15, 0.2) is 29.8 Å². The molecule has 0 N–H and O–H groups in total. The monoisotopic (exact) mass is 461 g/mol. The molecule has 0 radical (unpaired) electrons. The maximum atomic E-state index is 13.6. The van der Waals surface area contributed by atoms with E-state index in [0.29, 0.717) is 31.2 Å². The Kier molecular flexibility index (Phi) is 6.32. The molecule has 32 heavy (non-hydrogen) atoms. The molecule has 2 saturated carbocycles. The lowest BCUT2D eigenvalue weighted by Crippen LogP contribution is -2.62. The SMILES string of the molecule is O=C1C(=Cc2ccc([N+](=O)[O-])cc2)C(=O)N(C2CCCCC2)S(=O)(=O)N1C1CCCCC1. The number of nitrogens with zero attached hydrogens (tertiary/aromatic N) is 3. The van der Waals surface area contributed by atoms with Crippen LogP contribution in [0.2, 0.25) is 0 Å². The Hall–Kier alpha value is -2.75. The van der Waals surface area contributed by atoms with E-state index in [2.05, 4.69) is 0 Å². The zero-order valence-corrected chi connectivity index (χ0v) is 18.6. The fourth-order valence-corrected chi connectivity index (χ4v) is 6.94. The van der Waals surface area contributed by atoms with E-state index in [1.165, 1.54) is 30.3 Å². The fourth-order valence-electron chi connectivity index (χ4n) is 4.96. The van der Waals surface area contributed by atoms with Gasteiger partial charge in [0.05, 0.1) is 4.92 Å². The van der Waals surface area contributed by atoms with Crippen molar-refractivity contribution in [2.45, 2.75) is 76.3 Å². The lowest BCUT2D eigenvalue weighted by atomic mass is 9.94. The summed E-state index contributed by atoms with van der Waals surface area (Å²) in [5.41, 5.74) is 0.118. The number of hydrogen-bond acceptors (Lipinski definition) is 6. The van der Waals surface area contributed by atoms with Gasteiger partial charge in [-0.2, -0.15) is 8.42 Å². The van der Waals surface area contributed by atoms with Gasteiger partial charge in [0.2, 0.25) is 0 Å². The minimum Gasteiger partial charge on any atom is -0.268 e. The van der Waals surface area contributed by atoms with Crippen LogP contribution in [0.5, 0.6) is 0 Å². The normalized spacial score (nSPS) is 22.8. The second-order valence-electron chi connectivity index (χ2n) is 8.70. The highest BCUT2D eigenvalue weighted by Gasteiger charge is 2.51. The quantitative estimate of drug-likeness (QED) is 0.293. The summed E-state index contributed by atoms with van der Waals surface area (Å²) >= 11 is 0. The molecule has 1 heterocycles. The first-order valence-electron chi connectivity index (χ1n) is 11.2. The number of nitro benzene ring substituents is 1. The Bertz CT molecular complexity index is 992. The summed E-state index contributed by atoms with van der Waals surface area (Å²) in [4.78, 5) is 37.1. The van der Waals surface area contributed by atoms with Gasteiger partial charge >= 0.3 is 10.2 Å². The molecule has 172 valence electrons. The maximum Gasteiger partial charge on any atom is 0.331 e. The van der Waals surface area contributed by atoms with E-state index in [0.717, 1.165) is 47.1 Å². The Labute approximate surface area is 187 Å². The largest absolute Gasteiger partial charge is 0.331 e. The van der Waals surface area contributed by atoms with Gasteiger partial charge in [-0.1, -0.05) is 38.5 Å². The third kappa shape index (κ3) is 4.15. The predicted molar refractivity (Wildman–Crippen MR) is 117 cm³/mol. The van der Waals surface area contributed by atoms with Gasteiger partial charge in [-0.25, -0.2) is 8.61 Å². The molecule has 1 aromatic rings. The lowest BCUT2D eigenvalue weighted by molar-refractivity contribution is -0.384. The van der Waals surface area contributed by atoms with Crippen LogP contribution in [0.1, 0.15) is 69.8 Å². The molecule has 1 aromatic carbocycles. The van der Waals surface area contributed by atoms with Gasteiger partial charge in [0, 0.05) is 24.2 Å². The van der Waals surface area contributed by atoms with Crippen molar-refractivity contribution in [1.82, 2.24) is 8.61 Å². The summed E-state index contributed by atoms with van der Waals surface area (Å²) in [6, 6.07) is 4.56. The van der Waals surface area contributed by atoms with Gasteiger partial charge in [0.1, 0.15) is 5.57 Å². The van der Waals surface area contributed by atoms with Crippen LogP contribution >= 0.6 is 0 Å². The van der Waals surface area contributed by atoms with Crippen LogP contribution in [0.3, 0.4) is 0 Å². The highest BCUT2D eigenvalue weighted by Crippen LogP contribution is 2.36. The minimum atomic E-state index is -4.27. The average molecular weight is 462 g/mol. The molecule has 0 bridgehead atoms. The Morgan fingerprint density at radius 3 is 1.66 bits per heavy atom. The molecule has 9 nitrogen and oxygen atoms in total. The first-order chi connectivity index (χ1) is 15.3. The van der Waals surface area contributed by atoms with Crippen molar-refractivity contribution >= 4 is 33.8 Å². The fraction of sp³-hybridized carbons (Fsp3) is 0.545. The average Bonchev–Trinajstić information content (AvgIpc) is 2.78. The molecule has 0 unspecified atom stereocenters. The van der Waals surface area contributed by atoms with Crippen molar-refractivity contribution < 1.29 is 22.9 Å². The molecule has 0 aromatic heterocycles. The highest BCUT2D eigenvalue weighted by atomic mass is 32.2. The summed E-state index contributed by atoms with van der Waals surface area (Å²) in [6.45, 7) is 0. The number of benzene rings is 1. The van der Waals surface area contributed by atoms with Gasteiger partial charge in [-0.05, 0) is 49.5 Å². The zero-order valence-electron chi connectivity index (χ0n) is 17.8. The number of carbonyl (C=O) groups is 2. The molecule has 2 aliphatic carbocycles. The second-order valence-corrected chi connectivity index (χ2v) is 10.4. The molecule has 3 aliphatic rings. The van der Waals surface area contributed by atoms with Crippen LogP contribution < -0.4 is 0 Å². The standard InChI is InChI=1S/C22H27N3O6S/c26-21-20(15-16-11-13-19(14-12-16)25(28)29)22(27)24(18-9-5-2-6-10-18)32(30,31)23(21)17-7-3-1-4-8-17/h11-15,17-18H,1-10H2. The van der Waals surface area contributed by atoms with Gasteiger partial charge in [-0.15, -0.1) is 0 Å². The van der Waals surface area contributed by atoms with E-state index < -0.39 is 39.0 Å². The summed E-state index contributed by atoms with van der Waals surface area (Å²) in [7, 11) is -4.27. The summed E-state index contributed by atoms with van der Waals surface area (Å²) in [5.74, 6) is -1.60. The van der Waals surface area contributed by atoms with Crippen molar-refractivity contribution in [2.24, 2.45) is 0 Å². The van der Waals surface area contributed by atoms with E-state index in [4.69, 9.17) is 0 Å². The smallest absolute Gasteiger partial charge is 0.268 e. The van der Waals surface area contributed by atoms with Crippen LogP contribution in [0.25, 0.3) is 6.08 Å². The van der Waals surface area contributed by atoms with Gasteiger partial charge in [0.25, 0.3) is 17.5 Å². The number of non-ortho nitro benzene ring substituents is 1. The van der Waals surface area contributed by atoms with E-state index in [1.807, 2.05) is 0 Å². The molecule has 3 fully saturated rings. The Morgan fingerprint density at radius 1 is 0.812 bits per heavy atom. The van der Waals surface area contributed by atoms with Crippen molar-refractivity contribution in [1.29, 1.82) is 0 Å². The molecular formula is C22H27N3O6S. The highest BCUT2D eigenvalue weighted by molar-refractivity contribution is 7.88. The van der Waals surface area contributed by atoms with Gasteiger partial charge in [0.15, 0.2) is 0 Å². The van der Waals surface area contributed by atoms with Crippen molar-refractivity contribution in [3.63, 3.8) is 0 Å². The van der Waals surface area contributed by atoms with Crippen molar-refractivity contribution in [3.05, 3.63) is 45.5 Å². The van der Waals surface area contributed by atoms with Crippen molar-refractivity contribution in [3.8, 4) is 0 Å². The molecule has 4 rings (SSSR count).